The van der Waals surface area contributed by atoms with Gasteiger partial charge >= 0.3 is 0 Å². The topological polar surface area (TPSA) is 113 Å². The predicted octanol–water partition coefficient (Wildman–Crippen LogP) is 2.01. The van der Waals surface area contributed by atoms with E-state index in [1.54, 1.807) is 0 Å². The highest BCUT2D eigenvalue weighted by molar-refractivity contribution is 6.30. The van der Waals surface area contributed by atoms with Crippen molar-refractivity contribution in [1.82, 2.24) is 20.6 Å². The average Bonchev–Trinajstić information content (AvgIpc) is 2.76. The van der Waals surface area contributed by atoms with Gasteiger partial charge in [0, 0.05) is 24.0 Å². The molecule has 5 rings (SSSR count). The van der Waals surface area contributed by atoms with Crippen LogP contribution in [0.5, 0.6) is 5.75 Å². The summed E-state index contributed by atoms with van der Waals surface area (Å²) < 4.78 is 18.9. The second kappa shape index (κ2) is 8.39. The first-order valence-electron chi connectivity index (χ1n) is 9.96. The van der Waals surface area contributed by atoms with Crippen molar-refractivity contribution in [3.8, 4) is 5.75 Å². The molecule has 1 aromatic carbocycles. The van der Waals surface area contributed by atoms with Crippen LogP contribution in [0.2, 0.25) is 5.02 Å². The highest BCUT2D eigenvalue weighted by atomic mass is 35.5. The zero-order valence-electron chi connectivity index (χ0n) is 16.6. The summed E-state index contributed by atoms with van der Waals surface area (Å²) in [5.74, 6) is -1.16. The Morgan fingerprint density at radius 3 is 2.65 bits per heavy atom. The molecule has 3 N–H and O–H groups in total. The number of ether oxygens (including phenoxy) is 1. The molecule has 3 saturated carbocycles. The number of aromatic nitrogens is 2. The van der Waals surface area contributed by atoms with Crippen LogP contribution in [0, 0.1) is 5.82 Å². The molecule has 0 aliphatic heterocycles. The molecule has 1 aromatic heterocycles. The first kappa shape index (κ1) is 21.5. The molecule has 0 radical (unpaired) electrons. The van der Waals surface area contributed by atoms with Crippen LogP contribution in [0.15, 0.2) is 36.8 Å². The van der Waals surface area contributed by atoms with E-state index in [9.17, 15) is 19.1 Å². The lowest BCUT2D eigenvalue weighted by Gasteiger charge is -2.56. The van der Waals surface area contributed by atoms with Crippen LogP contribution < -0.4 is 15.4 Å². The number of hydrogen-bond acceptors (Lipinski definition) is 6. The number of hydrogen-bond donors (Lipinski definition) is 3. The number of amides is 2. The quantitative estimate of drug-likeness (QED) is 0.623. The Balaban J connectivity index is 1.34. The Morgan fingerprint density at radius 2 is 2.00 bits per heavy atom. The lowest BCUT2D eigenvalue weighted by atomic mass is 9.60. The number of aliphatic hydroxyl groups is 1. The van der Waals surface area contributed by atoms with Crippen molar-refractivity contribution in [2.24, 2.45) is 0 Å². The number of benzene rings is 1. The maximum Gasteiger partial charge on any atom is 0.271 e. The molecule has 31 heavy (non-hydrogen) atoms. The normalized spacial score (nSPS) is 26.9. The number of carbonyl (C=O) groups is 2. The third-order valence-corrected chi connectivity index (χ3v) is 6.45. The maximum atomic E-state index is 13.5. The van der Waals surface area contributed by atoms with Gasteiger partial charge in [-0.3, -0.25) is 14.6 Å². The molecule has 2 bridgehead atoms. The smallest absolute Gasteiger partial charge is 0.271 e. The van der Waals surface area contributed by atoms with E-state index in [4.69, 9.17) is 16.3 Å². The lowest BCUT2D eigenvalue weighted by molar-refractivity contribution is -0.129. The number of nitrogens with one attached hydrogen (secondary N) is 2. The van der Waals surface area contributed by atoms with Gasteiger partial charge in [0.25, 0.3) is 11.8 Å². The largest absolute Gasteiger partial charge is 0.484 e. The van der Waals surface area contributed by atoms with Crippen molar-refractivity contribution >= 4 is 23.4 Å². The SMILES string of the molecule is O=C(COc1ccc(Cl)c(F)c1)NC12CCC(NC(=O)c3cnccn3)(CC1)C(O)C2. The van der Waals surface area contributed by atoms with Crippen LogP contribution in [-0.4, -0.2) is 50.7 Å². The number of fused-ring (bicyclic) bond motifs is 3. The summed E-state index contributed by atoms with van der Waals surface area (Å²) in [6, 6.07) is 3.96. The van der Waals surface area contributed by atoms with E-state index in [-0.39, 0.29) is 34.9 Å². The Morgan fingerprint density at radius 1 is 1.23 bits per heavy atom. The van der Waals surface area contributed by atoms with Gasteiger partial charge in [0.1, 0.15) is 17.3 Å². The third-order valence-electron chi connectivity index (χ3n) is 6.15. The molecule has 2 amide bonds. The minimum absolute atomic E-state index is 0.0241. The van der Waals surface area contributed by atoms with Crippen molar-refractivity contribution in [2.75, 3.05) is 6.61 Å². The Bertz CT molecular complexity index is 983. The highest BCUT2D eigenvalue weighted by Crippen LogP contribution is 2.47. The molecular formula is C21H22ClFN4O4. The number of halogens is 2. The summed E-state index contributed by atoms with van der Waals surface area (Å²) in [7, 11) is 0. The number of aliphatic hydroxyl groups excluding tert-OH is 1. The van der Waals surface area contributed by atoms with E-state index < -0.39 is 23.0 Å². The van der Waals surface area contributed by atoms with Crippen molar-refractivity contribution < 1.29 is 23.8 Å². The summed E-state index contributed by atoms with van der Waals surface area (Å²) in [4.78, 5) is 32.9. The van der Waals surface area contributed by atoms with Gasteiger partial charge in [-0.25, -0.2) is 9.37 Å². The summed E-state index contributed by atoms with van der Waals surface area (Å²) in [6.45, 7) is -0.284. The van der Waals surface area contributed by atoms with E-state index >= 15 is 0 Å². The van der Waals surface area contributed by atoms with E-state index in [0.29, 0.717) is 32.1 Å². The van der Waals surface area contributed by atoms with Crippen molar-refractivity contribution in [3.63, 3.8) is 0 Å². The zero-order valence-corrected chi connectivity index (χ0v) is 17.4. The van der Waals surface area contributed by atoms with E-state index in [2.05, 4.69) is 20.6 Å². The van der Waals surface area contributed by atoms with E-state index in [1.807, 2.05) is 0 Å². The summed E-state index contributed by atoms with van der Waals surface area (Å²) in [5.41, 5.74) is -1.13. The second-order valence-corrected chi connectivity index (χ2v) is 8.52. The van der Waals surface area contributed by atoms with E-state index in [0.717, 1.165) is 6.07 Å². The number of rotatable bonds is 6. The Kier molecular flexibility index (Phi) is 5.81. The minimum Gasteiger partial charge on any atom is -0.484 e. The fourth-order valence-electron chi connectivity index (χ4n) is 4.42. The number of nitrogens with zero attached hydrogens (tertiary/aromatic N) is 2. The lowest BCUT2D eigenvalue weighted by Crippen LogP contribution is -2.70. The second-order valence-electron chi connectivity index (χ2n) is 8.11. The van der Waals surface area contributed by atoms with Gasteiger partial charge < -0.3 is 20.5 Å². The molecule has 8 nitrogen and oxygen atoms in total. The van der Waals surface area contributed by atoms with Gasteiger partial charge in [-0.05, 0) is 44.2 Å². The molecule has 1 heterocycles. The van der Waals surface area contributed by atoms with Crippen LogP contribution in [0.1, 0.15) is 42.6 Å². The summed E-state index contributed by atoms with van der Waals surface area (Å²) in [5, 5.41) is 16.7. The highest BCUT2D eigenvalue weighted by Gasteiger charge is 2.55. The van der Waals surface area contributed by atoms with Gasteiger partial charge in [-0.2, -0.15) is 0 Å². The molecule has 10 heteroatoms. The first-order valence-corrected chi connectivity index (χ1v) is 10.3. The van der Waals surface area contributed by atoms with Gasteiger partial charge in [0.15, 0.2) is 6.61 Å². The number of carbonyl (C=O) groups excluding carboxylic acids is 2. The Hall–Kier alpha value is -2.78. The van der Waals surface area contributed by atoms with Crippen molar-refractivity contribution in [1.29, 1.82) is 0 Å². The molecule has 0 saturated heterocycles. The third kappa shape index (κ3) is 4.47. The van der Waals surface area contributed by atoms with Crippen LogP contribution in [0.3, 0.4) is 0 Å². The molecule has 3 aliphatic rings. The molecule has 164 valence electrons. The summed E-state index contributed by atoms with van der Waals surface area (Å²) in [6.07, 6.45) is 6.03. The molecule has 3 aliphatic carbocycles. The molecule has 3 fully saturated rings. The standard InChI is InChI=1S/C21H22ClFN4O4/c22-14-2-1-13(9-15(14)23)31-12-18(29)26-20-3-5-21(6-4-20,17(28)10-20)27-19(30)16-11-24-7-8-25-16/h1-2,7-9,11,17,28H,3-6,10,12H2,(H,26,29)(H,27,30). The van der Waals surface area contributed by atoms with Crippen LogP contribution in [0.4, 0.5) is 4.39 Å². The maximum absolute atomic E-state index is 13.5. The predicted molar refractivity (Wildman–Crippen MR) is 109 cm³/mol. The minimum atomic E-state index is -0.817. The zero-order chi connectivity index (χ0) is 22.1. The van der Waals surface area contributed by atoms with Gasteiger partial charge in [-0.15, -0.1) is 0 Å². The fourth-order valence-corrected chi connectivity index (χ4v) is 4.53. The first-order chi connectivity index (χ1) is 14.8. The van der Waals surface area contributed by atoms with Gasteiger partial charge in [0.2, 0.25) is 0 Å². The van der Waals surface area contributed by atoms with E-state index in [1.165, 1.54) is 30.7 Å². The van der Waals surface area contributed by atoms with Gasteiger partial charge in [-0.1, -0.05) is 11.6 Å². The molecule has 1 unspecified atom stereocenters. The van der Waals surface area contributed by atoms with Crippen LogP contribution in [0.25, 0.3) is 0 Å². The molecule has 1 atom stereocenters. The Labute approximate surface area is 183 Å². The van der Waals surface area contributed by atoms with Crippen LogP contribution >= 0.6 is 11.6 Å². The van der Waals surface area contributed by atoms with Crippen LogP contribution in [-0.2, 0) is 4.79 Å². The fraction of sp³-hybridized carbons (Fsp3) is 0.429. The van der Waals surface area contributed by atoms with Crippen molar-refractivity contribution in [3.05, 3.63) is 53.3 Å². The molecule has 0 spiro atoms. The average molecular weight is 449 g/mol. The van der Waals surface area contributed by atoms with Crippen molar-refractivity contribution in [2.45, 2.75) is 49.3 Å². The molecular weight excluding hydrogens is 427 g/mol. The monoisotopic (exact) mass is 448 g/mol. The van der Waals surface area contributed by atoms with Gasteiger partial charge in [0.05, 0.1) is 22.9 Å². The molecule has 2 aromatic rings. The summed E-state index contributed by atoms with van der Waals surface area (Å²) >= 11 is 5.64.